The first-order chi connectivity index (χ1) is 17.7. The topological polar surface area (TPSA) is 93.1 Å². The third-order valence-corrected chi connectivity index (χ3v) is 6.04. The maximum atomic E-state index is 12.2. The zero-order valence-corrected chi connectivity index (χ0v) is 24.0. The summed E-state index contributed by atoms with van der Waals surface area (Å²) in [5, 5.41) is 21.9. The predicted molar refractivity (Wildman–Crippen MR) is 156 cm³/mol. The van der Waals surface area contributed by atoms with E-state index in [1.807, 2.05) is 51.1 Å². The Morgan fingerprint density at radius 3 is 1.47 bits per heavy atom. The Morgan fingerprint density at radius 1 is 0.632 bits per heavy atom. The molecule has 0 bridgehead atoms. The minimum absolute atomic E-state index is 0.286. The Labute approximate surface area is 231 Å². The van der Waals surface area contributed by atoms with Crippen LogP contribution in [0.1, 0.15) is 62.3 Å². The van der Waals surface area contributed by atoms with Crippen molar-refractivity contribution in [2.75, 3.05) is 0 Å². The second kappa shape index (κ2) is 11.7. The summed E-state index contributed by atoms with van der Waals surface area (Å²) < 4.78 is 11.8. The lowest BCUT2D eigenvalue weighted by Crippen LogP contribution is -2.31. The van der Waals surface area contributed by atoms with E-state index in [9.17, 15) is 19.6 Å². The molecule has 0 fully saturated rings. The van der Waals surface area contributed by atoms with Crippen LogP contribution in [0.5, 0.6) is 0 Å². The molecule has 0 saturated carbocycles. The first-order valence-electron chi connectivity index (χ1n) is 12.2. The van der Waals surface area contributed by atoms with Crippen LogP contribution in [0.4, 0.5) is 0 Å². The Balaban J connectivity index is 0.000000212. The highest BCUT2D eigenvalue weighted by Crippen LogP contribution is 2.28. The van der Waals surface area contributed by atoms with E-state index in [1.165, 1.54) is 6.07 Å². The highest BCUT2D eigenvalue weighted by atomic mass is 79.9. The van der Waals surface area contributed by atoms with Crippen molar-refractivity contribution in [3.05, 3.63) is 88.4 Å². The Bertz CT molecular complexity index is 1470. The SMILES string of the molecule is CC(C)(C)OC(=O)c1ccc(B(O)O)c2ccccc12.CC(C)(C)OC(=O)c1ccc(Br)c2ccccc12. The van der Waals surface area contributed by atoms with E-state index < -0.39 is 24.3 Å². The van der Waals surface area contributed by atoms with Gasteiger partial charge in [-0.05, 0) is 86.7 Å². The van der Waals surface area contributed by atoms with E-state index in [2.05, 4.69) is 15.9 Å². The van der Waals surface area contributed by atoms with E-state index in [4.69, 9.17) is 9.47 Å². The van der Waals surface area contributed by atoms with Crippen LogP contribution in [0, 0.1) is 0 Å². The molecule has 0 spiro atoms. The molecule has 4 aromatic rings. The number of rotatable bonds is 3. The number of benzene rings is 4. The van der Waals surface area contributed by atoms with Gasteiger partial charge in [-0.2, -0.15) is 0 Å². The van der Waals surface area contributed by atoms with E-state index in [-0.39, 0.29) is 5.97 Å². The Hall–Kier alpha value is -3.20. The molecule has 198 valence electrons. The van der Waals surface area contributed by atoms with Gasteiger partial charge >= 0.3 is 19.1 Å². The van der Waals surface area contributed by atoms with Gasteiger partial charge in [0.25, 0.3) is 0 Å². The number of fused-ring (bicyclic) bond motifs is 2. The fourth-order valence-corrected chi connectivity index (χ4v) is 4.31. The number of ether oxygens (including phenoxy) is 2. The smallest absolute Gasteiger partial charge is 0.456 e. The summed E-state index contributed by atoms with van der Waals surface area (Å²) in [4.78, 5) is 24.4. The molecule has 0 heterocycles. The molecular formula is C30H32BBrO6. The summed E-state index contributed by atoms with van der Waals surface area (Å²) >= 11 is 3.49. The zero-order chi connectivity index (χ0) is 28.3. The minimum atomic E-state index is -1.58. The average molecular weight is 579 g/mol. The third-order valence-electron chi connectivity index (χ3n) is 5.34. The van der Waals surface area contributed by atoms with Gasteiger partial charge < -0.3 is 19.5 Å². The standard InChI is InChI=1S/C15H17BO4.C15H15BrO2/c1-15(2,3)20-14(17)12-8-9-13(16(18)19)11-7-5-4-6-10(11)12;1-15(2,3)18-14(17)12-8-9-13(16)11-7-5-4-6-10(11)12/h4-9,18-19H,1-3H3;4-9H,1-3H3. The number of hydrogen-bond donors (Lipinski definition) is 2. The molecule has 0 aliphatic rings. The number of carbonyl (C=O) groups is 2. The van der Waals surface area contributed by atoms with Crippen molar-refractivity contribution in [2.24, 2.45) is 0 Å². The first kappa shape index (κ1) is 29.4. The number of hydrogen-bond acceptors (Lipinski definition) is 6. The van der Waals surface area contributed by atoms with Gasteiger partial charge in [-0.15, -0.1) is 0 Å². The molecular weight excluding hydrogens is 547 g/mol. The molecule has 4 rings (SSSR count). The molecule has 2 N–H and O–H groups in total. The minimum Gasteiger partial charge on any atom is -0.456 e. The van der Waals surface area contributed by atoms with Gasteiger partial charge in [-0.3, -0.25) is 0 Å². The molecule has 8 heteroatoms. The van der Waals surface area contributed by atoms with Gasteiger partial charge in [0.1, 0.15) is 11.2 Å². The van der Waals surface area contributed by atoms with Gasteiger partial charge in [0, 0.05) is 4.47 Å². The monoisotopic (exact) mass is 578 g/mol. The molecule has 4 aromatic carbocycles. The molecule has 38 heavy (non-hydrogen) atoms. The van der Waals surface area contributed by atoms with E-state index >= 15 is 0 Å². The summed E-state index contributed by atoms with van der Waals surface area (Å²) in [5.41, 5.74) is 0.329. The molecule has 0 radical (unpaired) electrons. The zero-order valence-electron chi connectivity index (χ0n) is 22.4. The van der Waals surface area contributed by atoms with Gasteiger partial charge in [-0.25, -0.2) is 9.59 Å². The van der Waals surface area contributed by atoms with Gasteiger partial charge in [-0.1, -0.05) is 70.5 Å². The quantitative estimate of drug-likeness (QED) is 0.228. The highest BCUT2D eigenvalue weighted by Gasteiger charge is 2.23. The predicted octanol–water partition coefficient (Wildman–Crippen LogP) is 6.03. The fourth-order valence-electron chi connectivity index (χ4n) is 3.83. The van der Waals surface area contributed by atoms with E-state index in [0.717, 1.165) is 15.2 Å². The van der Waals surface area contributed by atoms with Crippen LogP contribution in [0.3, 0.4) is 0 Å². The van der Waals surface area contributed by atoms with Crippen molar-refractivity contribution in [2.45, 2.75) is 52.7 Å². The normalized spacial score (nSPS) is 11.5. The summed E-state index contributed by atoms with van der Waals surface area (Å²) in [7, 11) is -1.58. The van der Waals surface area contributed by atoms with Crippen LogP contribution >= 0.6 is 15.9 Å². The highest BCUT2D eigenvalue weighted by molar-refractivity contribution is 9.10. The summed E-state index contributed by atoms with van der Waals surface area (Å²) in [6, 6.07) is 21.6. The van der Waals surface area contributed by atoms with Gasteiger partial charge in [0.05, 0.1) is 11.1 Å². The van der Waals surface area contributed by atoms with Crippen LogP contribution in [0.2, 0.25) is 0 Å². The molecule has 0 unspecified atom stereocenters. The second-order valence-electron chi connectivity index (χ2n) is 10.8. The summed E-state index contributed by atoms with van der Waals surface area (Å²) in [5.74, 6) is -0.709. The van der Waals surface area contributed by atoms with Crippen molar-refractivity contribution in [3.63, 3.8) is 0 Å². The lowest BCUT2D eigenvalue weighted by molar-refractivity contribution is 0.00592. The van der Waals surface area contributed by atoms with Crippen LogP contribution in [-0.2, 0) is 9.47 Å². The molecule has 0 amide bonds. The number of esters is 2. The average Bonchev–Trinajstić information content (AvgIpc) is 2.82. The van der Waals surface area contributed by atoms with Crippen LogP contribution in [0.25, 0.3) is 21.5 Å². The molecule has 0 aromatic heterocycles. The van der Waals surface area contributed by atoms with Gasteiger partial charge in [0.15, 0.2) is 0 Å². The fraction of sp³-hybridized carbons (Fsp3) is 0.267. The molecule has 0 atom stereocenters. The number of halogens is 1. The molecule has 6 nitrogen and oxygen atoms in total. The van der Waals surface area contributed by atoms with Crippen LogP contribution in [0.15, 0.2) is 77.3 Å². The van der Waals surface area contributed by atoms with Crippen molar-refractivity contribution in [1.82, 2.24) is 0 Å². The lowest BCUT2D eigenvalue weighted by atomic mass is 9.76. The Kier molecular flexibility index (Phi) is 9.03. The Morgan fingerprint density at radius 2 is 1.03 bits per heavy atom. The third kappa shape index (κ3) is 7.44. The van der Waals surface area contributed by atoms with Gasteiger partial charge in [0.2, 0.25) is 0 Å². The molecule has 0 saturated heterocycles. The number of carbonyl (C=O) groups excluding carboxylic acids is 2. The van der Waals surface area contributed by atoms with Crippen molar-refractivity contribution in [1.29, 1.82) is 0 Å². The van der Waals surface area contributed by atoms with Crippen molar-refractivity contribution in [3.8, 4) is 0 Å². The van der Waals surface area contributed by atoms with Crippen molar-refractivity contribution < 1.29 is 29.1 Å². The van der Waals surface area contributed by atoms with Crippen molar-refractivity contribution >= 4 is 62.0 Å². The van der Waals surface area contributed by atoms with Crippen LogP contribution < -0.4 is 5.46 Å². The lowest BCUT2D eigenvalue weighted by Gasteiger charge is -2.20. The van der Waals surface area contributed by atoms with E-state index in [1.54, 1.807) is 57.2 Å². The maximum absolute atomic E-state index is 12.2. The largest absolute Gasteiger partial charge is 0.489 e. The summed E-state index contributed by atoms with van der Waals surface area (Å²) in [6.45, 7) is 11.0. The maximum Gasteiger partial charge on any atom is 0.489 e. The first-order valence-corrected chi connectivity index (χ1v) is 13.0. The molecule has 0 aliphatic heterocycles. The van der Waals surface area contributed by atoms with Crippen LogP contribution in [-0.4, -0.2) is 40.3 Å². The molecule has 0 aliphatic carbocycles. The van der Waals surface area contributed by atoms with E-state index in [0.29, 0.717) is 27.4 Å². The summed E-state index contributed by atoms with van der Waals surface area (Å²) in [6.07, 6.45) is 0. The second-order valence-corrected chi connectivity index (χ2v) is 11.6.